The van der Waals surface area contributed by atoms with Crippen LogP contribution in [0.1, 0.15) is 25.0 Å². The van der Waals surface area contributed by atoms with Crippen molar-refractivity contribution in [3.63, 3.8) is 0 Å². The third-order valence-corrected chi connectivity index (χ3v) is 4.16. The van der Waals surface area contributed by atoms with Crippen LogP contribution in [-0.2, 0) is 22.7 Å². The summed E-state index contributed by atoms with van der Waals surface area (Å²) in [6.45, 7) is 1.56. The number of hydrogen-bond donors (Lipinski definition) is 1. The van der Waals surface area contributed by atoms with E-state index in [0.29, 0.717) is 32.0 Å². The highest BCUT2D eigenvalue weighted by atomic mass is 16.5. The average molecular weight is 302 g/mol. The van der Waals surface area contributed by atoms with Crippen LogP contribution in [0.5, 0.6) is 0 Å². The van der Waals surface area contributed by atoms with Crippen molar-refractivity contribution in [3.05, 3.63) is 24.3 Å². The minimum Gasteiger partial charge on any atom is -0.472 e. The van der Waals surface area contributed by atoms with E-state index >= 15 is 0 Å². The Bertz CT molecular complexity index is 660. The Morgan fingerprint density at radius 2 is 2.36 bits per heavy atom. The van der Waals surface area contributed by atoms with E-state index < -0.39 is 0 Å². The van der Waals surface area contributed by atoms with Gasteiger partial charge in [-0.2, -0.15) is 0 Å². The predicted molar refractivity (Wildman–Crippen MR) is 76.7 cm³/mol. The summed E-state index contributed by atoms with van der Waals surface area (Å²) in [5, 5.41) is 11.3. The Hall–Kier alpha value is -2.15. The number of rotatable bonds is 5. The molecule has 1 aliphatic heterocycles. The van der Waals surface area contributed by atoms with E-state index in [9.17, 15) is 4.79 Å². The van der Waals surface area contributed by atoms with Crippen molar-refractivity contribution in [1.29, 1.82) is 0 Å². The first kappa shape index (κ1) is 13.5. The van der Waals surface area contributed by atoms with Gasteiger partial charge in [-0.05, 0) is 24.8 Å². The molecule has 0 unspecified atom stereocenters. The van der Waals surface area contributed by atoms with Gasteiger partial charge in [-0.1, -0.05) is 5.21 Å². The van der Waals surface area contributed by atoms with Gasteiger partial charge in [0.1, 0.15) is 5.69 Å². The lowest BCUT2D eigenvalue weighted by molar-refractivity contribution is -0.122. The molecule has 1 amide bonds. The Labute approximate surface area is 127 Å². The Balaban J connectivity index is 1.36. The SMILES string of the molecule is O=C(CC1CC1)NC[C@H]1Cn2nnc(-c3ccoc3)c2CO1. The normalized spacial score (nSPS) is 20.6. The first-order valence-corrected chi connectivity index (χ1v) is 7.63. The molecule has 4 rings (SSSR count). The van der Waals surface area contributed by atoms with Crippen molar-refractivity contribution < 1.29 is 13.9 Å². The second-order valence-electron chi connectivity index (χ2n) is 5.96. The van der Waals surface area contributed by atoms with Gasteiger partial charge in [0, 0.05) is 18.5 Å². The van der Waals surface area contributed by atoms with Gasteiger partial charge in [0.15, 0.2) is 0 Å². The number of nitrogens with zero attached hydrogens (tertiary/aromatic N) is 3. The summed E-state index contributed by atoms with van der Waals surface area (Å²) < 4.78 is 12.8. The molecular weight excluding hydrogens is 284 g/mol. The van der Waals surface area contributed by atoms with Crippen LogP contribution in [0.15, 0.2) is 23.0 Å². The molecule has 2 aromatic rings. The Morgan fingerprint density at radius 3 is 3.14 bits per heavy atom. The van der Waals surface area contributed by atoms with E-state index in [1.54, 1.807) is 12.5 Å². The van der Waals surface area contributed by atoms with Crippen LogP contribution in [0.4, 0.5) is 0 Å². The summed E-state index contributed by atoms with van der Waals surface area (Å²) in [4.78, 5) is 11.7. The number of ether oxygens (including phenoxy) is 1. The topological polar surface area (TPSA) is 82.2 Å². The summed E-state index contributed by atoms with van der Waals surface area (Å²) in [5.41, 5.74) is 2.65. The van der Waals surface area contributed by atoms with Gasteiger partial charge in [0.05, 0.1) is 37.5 Å². The van der Waals surface area contributed by atoms with Crippen molar-refractivity contribution in [3.8, 4) is 11.3 Å². The third kappa shape index (κ3) is 2.76. The summed E-state index contributed by atoms with van der Waals surface area (Å²) in [6.07, 6.45) is 6.22. The number of aromatic nitrogens is 3. The van der Waals surface area contributed by atoms with E-state index in [0.717, 1.165) is 17.0 Å². The van der Waals surface area contributed by atoms with Gasteiger partial charge < -0.3 is 14.5 Å². The fourth-order valence-electron chi connectivity index (χ4n) is 2.70. The van der Waals surface area contributed by atoms with Crippen LogP contribution in [-0.4, -0.2) is 33.5 Å². The van der Waals surface area contributed by atoms with Gasteiger partial charge in [0.25, 0.3) is 0 Å². The maximum absolute atomic E-state index is 11.7. The molecule has 0 radical (unpaired) electrons. The molecule has 22 heavy (non-hydrogen) atoms. The lowest BCUT2D eigenvalue weighted by Crippen LogP contribution is -2.39. The second-order valence-corrected chi connectivity index (χ2v) is 5.96. The predicted octanol–water partition coefficient (Wildman–Crippen LogP) is 1.35. The molecule has 1 atom stereocenters. The van der Waals surface area contributed by atoms with E-state index in [4.69, 9.17) is 9.15 Å². The standard InChI is InChI=1S/C15H18N4O3/c20-14(5-10-1-2-10)16-6-12-7-19-13(9-22-12)15(17-18-19)11-3-4-21-8-11/h3-4,8,10,12H,1-2,5-7,9H2,(H,16,20)/t12-/m0/s1. The summed E-state index contributed by atoms with van der Waals surface area (Å²) in [5.74, 6) is 0.723. The Kier molecular flexibility index (Phi) is 3.42. The van der Waals surface area contributed by atoms with Crippen molar-refractivity contribution in [2.75, 3.05) is 6.54 Å². The fourth-order valence-corrected chi connectivity index (χ4v) is 2.70. The van der Waals surface area contributed by atoms with E-state index in [-0.39, 0.29) is 12.0 Å². The molecule has 1 aliphatic carbocycles. The molecule has 0 saturated heterocycles. The second kappa shape index (κ2) is 5.57. The fraction of sp³-hybridized carbons (Fsp3) is 0.533. The van der Waals surface area contributed by atoms with Crippen LogP contribution >= 0.6 is 0 Å². The van der Waals surface area contributed by atoms with Gasteiger partial charge in [-0.3, -0.25) is 4.79 Å². The number of furan rings is 1. The van der Waals surface area contributed by atoms with Crippen LogP contribution in [0.2, 0.25) is 0 Å². The highest BCUT2D eigenvalue weighted by Crippen LogP contribution is 2.32. The number of carbonyl (C=O) groups excluding carboxylic acids is 1. The molecule has 2 aromatic heterocycles. The van der Waals surface area contributed by atoms with Crippen LogP contribution in [0, 0.1) is 5.92 Å². The zero-order valence-corrected chi connectivity index (χ0v) is 12.2. The zero-order valence-electron chi connectivity index (χ0n) is 12.2. The molecule has 116 valence electrons. The number of hydrogen-bond acceptors (Lipinski definition) is 5. The van der Waals surface area contributed by atoms with Gasteiger partial charge in [-0.15, -0.1) is 5.10 Å². The molecule has 7 heteroatoms. The van der Waals surface area contributed by atoms with E-state index in [2.05, 4.69) is 15.6 Å². The molecule has 1 N–H and O–H groups in total. The van der Waals surface area contributed by atoms with Crippen molar-refractivity contribution in [1.82, 2.24) is 20.3 Å². The highest BCUT2D eigenvalue weighted by Gasteiger charge is 2.27. The van der Waals surface area contributed by atoms with Crippen LogP contribution < -0.4 is 5.32 Å². The summed E-state index contributed by atoms with van der Waals surface area (Å²) in [7, 11) is 0. The maximum atomic E-state index is 11.7. The molecule has 3 heterocycles. The minimum atomic E-state index is -0.0606. The third-order valence-electron chi connectivity index (χ3n) is 4.16. The van der Waals surface area contributed by atoms with Gasteiger partial charge in [0.2, 0.25) is 5.91 Å². The van der Waals surface area contributed by atoms with Crippen molar-refractivity contribution in [2.45, 2.75) is 38.5 Å². The molecular formula is C15H18N4O3. The van der Waals surface area contributed by atoms with Crippen LogP contribution in [0.25, 0.3) is 11.3 Å². The first-order chi connectivity index (χ1) is 10.8. The lowest BCUT2D eigenvalue weighted by Gasteiger charge is -2.24. The molecule has 7 nitrogen and oxygen atoms in total. The lowest BCUT2D eigenvalue weighted by atomic mass is 10.2. The number of amides is 1. The smallest absolute Gasteiger partial charge is 0.220 e. The zero-order chi connectivity index (χ0) is 14.9. The van der Waals surface area contributed by atoms with E-state index in [1.165, 1.54) is 12.8 Å². The molecule has 0 bridgehead atoms. The quantitative estimate of drug-likeness (QED) is 0.901. The van der Waals surface area contributed by atoms with E-state index in [1.807, 2.05) is 10.7 Å². The number of nitrogens with one attached hydrogen (secondary N) is 1. The van der Waals surface area contributed by atoms with Crippen molar-refractivity contribution in [2.24, 2.45) is 5.92 Å². The highest BCUT2D eigenvalue weighted by molar-refractivity contribution is 5.76. The van der Waals surface area contributed by atoms with Gasteiger partial charge >= 0.3 is 0 Å². The molecule has 1 saturated carbocycles. The first-order valence-electron chi connectivity index (χ1n) is 7.63. The summed E-state index contributed by atoms with van der Waals surface area (Å²) >= 11 is 0. The minimum absolute atomic E-state index is 0.0606. The molecule has 1 fully saturated rings. The van der Waals surface area contributed by atoms with Crippen LogP contribution in [0.3, 0.4) is 0 Å². The molecule has 0 spiro atoms. The number of carbonyl (C=O) groups is 1. The Morgan fingerprint density at radius 1 is 1.45 bits per heavy atom. The largest absolute Gasteiger partial charge is 0.472 e. The number of fused-ring (bicyclic) bond motifs is 1. The van der Waals surface area contributed by atoms with Gasteiger partial charge in [-0.25, -0.2) is 4.68 Å². The maximum Gasteiger partial charge on any atom is 0.220 e. The molecule has 2 aliphatic rings. The monoisotopic (exact) mass is 302 g/mol. The average Bonchev–Trinajstić information content (AvgIpc) is 3.03. The molecule has 0 aromatic carbocycles. The summed E-state index contributed by atoms with van der Waals surface area (Å²) in [6, 6.07) is 1.86. The van der Waals surface area contributed by atoms with Crippen molar-refractivity contribution >= 4 is 5.91 Å².